The van der Waals surface area contributed by atoms with Gasteiger partial charge in [0.05, 0.1) is 28.5 Å². The lowest BCUT2D eigenvalue weighted by molar-refractivity contribution is -0.127. The van der Waals surface area contributed by atoms with Crippen LogP contribution in [0.5, 0.6) is 0 Å². The number of carbonyl (C=O) groups excluding carboxylic acids is 2. The van der Waals surface area contributed by atoms with Gasteiger partial charge in [0.2, 0.25) is 11.9 Å². The molecule has 32 heavy (non-hydrogen) atoms. The first-order valence-electron chi connectivity index (χ1n) is 10.5. The van der Waals surface area contributed by atoms with E-state index in [-0.39, 0.29) is 29.3 Å². The molecule has 0 spiro atoms. The Morgan fingerprint density at radius 1 is 1.28 bits per heavy atom. The lowest BCUT2D eigenvalue weighted by atomic mass is 10.0. The summed E-state index contributed by atoms with van der Waals surface area (Å²) in [5, 5.41) is 8.05. The summed E-state index contributed by atoms with van der Waals surface area (Å²) in [4.78, 5) is 40.0. The zero-order valence-electron chi connectivity index (χ0n) is 17.8. The first-order chi connectivity index (χ1) is 15.3. The summed E-state index contributed by atoms with van der Waals surface area (Å²) in [6, 6.07) is 2.91. The number of likely N-dealkylation sites (tertiary alicyclic amines) is 1. The van der Waals surface area contributed by atoms with Crippen LogP contribution in [0.4, 0.5) is 10.3 Å². The summed E-state index contributed by atoms with van der Waals surface area (Å²) in [5.41, 5.74) is 1.43. The lowest BCUT2D eigenvalue weighted by Crippen LogP contribution is -2.61. The summed E-state index contributed by atoms with van der Waals surface area (Å²) in [6.07, 6.45) is 4.57. The van der Waals surface area contributed by atoms with Crippen LogP contribution in [0.3, 0.4) is 0 Å². The molecule has 2 amide bonds. The number of halogens is 1. The second kappa shape index (κ2) is 7.77. The van der Waals surface area contributed by atoms with Crippen molar-refractivity contribution in [3.05, 3.63) is 47.0 Å². The van der Waals surface area contributed by atoms with Crippen molar-refractivity contribution in [1.82, 2.24) is 25.2 Å². The van der Waals surface area contributed by atoms with Gasteiger partial charge in [-0.2, -0.15) is 0 Å². The standard InChI is InChI=1S/C22H23FN6O2S/c1-12(13-7-14(23)9-24-8-13)25-21-27-16-3-6-32-18(16)17(28-21)19(30)29-10-15(11-29)26-20(31)22(2)4-5-22/h3,6-9,12,15H,4-5,10-11H2,1-2H3,(H,26,31)(H,25,27,28)/t12-/m0/s1. The summed E-state index contributed by atoms with van der Waals surface area (Å²) in [5.74, 6) is -0.241. The molecule has 3 aromatic rings. The van der Waals surface area contributed by atoms with Gasteiger partial charge in [0, 0.05) is 24.7 Å². The normalized spacial score (nSPS) is 18.2. The number of hydrogen-bond acceptors (Lipinski definition) is 7. The van der Waals surface area contributed by atoms with Gasteiger partial charge in [-0.25, -0.2) is 14.4 Å². The van der Waals surface area contributed by atoms with Crippen LogP contribution in [-0.2, 0) is 4.79 Å². The maximum atomic E-state index is 13.5. The third-order valence-electron chi connectivity index (χ3n) is 6.13. The Kier molecular flexibility index (Phi) is 5.04. The number of carbonyl (C=O) groups is 2. The molecular formula is C22H23FN6O2S. The molecule has 2 aliphatic rings. The molecule has 1 atom stereocenters. The Balaban J connectivity index is 1.31. The topological polar surface area (TPSA) is 100 Å². The van der Waals surface area contributed by atoms with Gasteiger partial charge in [-0.15, -0.1) is 11.3 Å². The number of anilines is 1. The number of amides is 2. The van der Waals surface area contributed by atoms with E-state index >= 15 is 0 Å². The first-order valence-corrected chi connectivity index (χ1v) is 11.4. The van der Waals surface area contributed by atoms with Crippen molar-refractivity contribution in [2.45, 2.75) is 38.8 Å². The highest BCUT2D eigenvalue weighted by Gasteiger charge is 2.46. The molecule has 10 heteroatoms. The molecule has 166 valence electrons. The number of hydrogen-bond donors (Lipinski definition) is 2. The Hall–Kier alpha value is -3.14. The van der Waals surface area contributed by atoms with Gasteiger partial charge < -0.3 is 15.5 Å². The Morgan fingerprint density at radius 2 is 2.06 bits per heavy atom. The summed E-state index contributed by atoms with van der Waals surface area (Å²) >= 11 is 1.41. The number of fused-ring (bicyclic) bond motifs is 1. The van der Waals surface area contributed by atoms with Gasteiger partial charge in [0.1, 0.15) is 5.82 Å². The maximum Gasteiger partial charge on any atom is 0.274 e. The first kappa shape index (κ1) is 20.7. The van der Waals surface area contributed by atoms with Crippen molar-refractivity contribution in [3.8, 4) is 0 Å². The third kappa shape index (κ3) is 3.90. The highest BCUT2D eigenvalue weighted by Crippen LogP contribution is 2.45. The molecule has 0 radical (unpaired) electrons. The monoisotopic (exact) mass is 454 g/mol. The predicted octanol–water partition coefficient (Wildman–Crippen LogP) is 3.14. The molecule has 2 N–H and O–H groups in total. The van der Waals surface area contributed by atoms with Crippen LogP contribution >= 0.6 is 11.3 Å². The second-order valence-electron chi connectivity index (χ2n) is 8.77. The van der Waals surface area contributed by atoms with Crippen LogP contribution in [0.15, 0.2) is 29.9 Å². The van der Waals surface area contributed by atoms with Crippen LogP contribution in [0.2, 0.25) is 0 Å². The van der Waals surface area contributed by atoms with Gasteiger partial charge in [-0.05, 0) is 42.8 Å². The van der Waals surface area contributed by atoms with Gasteiger partial charge in [-0.3, -0.25) is 14.6 Å². The molecule has 3 aromatic heterocycles. The number of pyridine rings is 1. The third-order valence-corrected chi connectivity index (χ3v) is 7.04. The largest absolute Gasteiger partial charge is 0.349 e. The minimum absolute atomic E-state index is 0.0253. The number of thiophene rings is 1. The van der Waals surface area contributed by atoms with E-state index < -0.39 is 5.82 Å². The van der Waals surface area contributed by atoms with Crippen molar-refractivity contribution < 1.29 is 14.0 Å². The van der Waals surface area contributed by atoms with E-state index in [1.165, 1.54) is 17.4 Å². The van der Waals surface area contributed by atoms with Crippen molar-refractivity contribution in [1.29, 1.82) is 0 Å². The summed E-state index contributed by atoms with van der Waals surface area (Å²) in [7, 11) is 0. The van der Waals surface area contributed by atoms with E-state index in [1.807, 2.05) is 25.3 Å². The average Bonchev–Trinajstić information content (AvgIpc) is 3.31. The van der Waals surface area contributed by atoms with Gasteiger partial charge >= 0.3 is 0 Å². The van der Waals surface area contributed by atoms with E-state index in [2.05, 4.69) is 25.6 Å². The van der Waals surface area contributed by atoms with Crippen molar-refractivity contribution in [2.75, 3.05) is 18.4 Å². The van der Waals surface area contributed by atoms with E-state index in [0.717, 1.165) is 23.7 Å². The van der Waals surface area contributed by atoms with Gasteiger partial charge in [-0.1, -0.05) is 6.92 Å². The highest BCUT2D eigenvalue weighted by atomic mass is 32.1. The molecule has 1 aliphatic carbocycles. The molecule has 5 rings (SSSR count). The lowest BCUT2D eigenvalue weighted by Gasteiger charge is -2.39. The Bertz CT molecular complexity index is 1200. The fraction of sp³-hybridized carbons (Fsp3) is 0.409. The fourth-order valence-electron chi connectivity index (χ4n) is 3.67. The zero-order valence-corrected chi connectivity index (χ0v) is 18.6. The molecule has 1 aliphatic heterocycles. The van der Waals surface area contributed by atoms with Crippen LogP contribution < -0.4 is 10.6 Å². The van der Waals surface area contributed by atoms with Crippen molar-refractivity contribution >= 4 is 39.3 Å². The maximum absolute atomic E-state index is 13.5. The number of aromatic nitrogens is 3. The Labute approximate surface area is 188 Å². The molecule has 4 heterocycles. The van der Waals surface area contributed by atoms with Crippen LogP contribution in [0.25, 0.3) is 10.2 Å². The predicted molar refractivity (Wildman–Crippen MR) is 119 cm³/mol. The quantitative estimate of drug-likeness (QED) is 0.594. The molecule has 0 unspecified atom stereocenters. The highest BCUT2D eigenvalue weighted by molar-refractivity contribution is 7.17. The zero-order chi connectivity index (χ0) is 22.5. The van der Waals surface area contributed by atoms with E-state index in [1.54, 1.807) is 11.1 Å². The van der Waals surface area contributed by atoms with Crippen molar-refractivity contribution in [3.63, 3.8) is 0 Å². The van der Waals surface area contributed by atoms with Crippen molar-refractivity contribution in [2.24, 2.45) is 5.41 Å². The van der Waals surface area contributed by atoms with E-state index in [0.29, 0.717) is 35.8 Å². The number of rotatable bonds is 6. The molecule has 8 nitrogen and oxygen atoms in total. The minimum atomic E-state index is -0.420. The van der Waals surface area contributed by atoms with Gasteiger partial charge in [0.15, 0.2) is 5.69 Å². The SMILES string of the molecule is C[C@H](Nc1nc(C(=O)N2CC(NC(=O)C3(C)CC3)C2)c2sccc2n1)c1cncc(F)c1. The molecule has 0 aromatic carbocycles. The molecular weight excluding hydrogens is 431 g/mol. The van der Waals surface area contributed by atoms with E-state index in [9.17, 15) is 14.0 Å². The smallest absolute Gasteiger partial charge is 0.274 e. The second-order valence-corrected chi connectivity index (χ2v) is 9.69. The molecule has 1 saturated heterocycles. The Morgan fingerprint density at radius 3 is 2.78 bits per heavy atom. The van der Waals surface area contributed by atoms with Crippen LogP contribution in [0, 0.1) is 11.2 Å². The molecule has 2 fully saturated rings. The summed E-state index contributed by atoms with van der Waals surface area (Å²) in [6.45, 7) is 4.74. The fourth-order valence-corrected chi connectivity index (χ4v) is 4.49. The van der Waals surface area contributed by atoms with Crippen LogP contribution in [-0.4, -0.2) is 50.8 Å². The number of nitrogens with one attached hydrogen (secondary N) is 2. The molecule has 0 bridgehead atoms. The van der Waals surface area contributed by atoms with E-state index in [4.69, 9.17) is 0 Å². The van der Waals surface area contributed by atoms with Crippen LogP contribution in [0.1, 0.15) is 48.8 Å². The average molecular weight is 455 g/mol. The minimum Gasteiger partial charge on any atom is -0.349 e. The van der Waals surface area contributed by atoms with Gasteiger partial charge in [0.25, 0.3) is 5.91 Å². The molecule has 1 saturated carbocycles. The summed E-state index contributed by atoms with van der Waals surface area (Å²) < 4.78 is 14.2. The number of nitrogens with zero attached hydrogens (tertiary/aromatic N) is 4.